The van der Waals surface area contributed by atoms with Crippen LogP contribution < -0.4 is 11.1 Å². The van der Waals surface area contributed by atoms with Crippen molar-refractivity contribution in [1.82, 2.24) is 24.8 Å². The van der Waals surface area contributed by atoms with Crippen molar-refractivity contribution < 1.29 is 13.6 Å². The highest BCUT2D eigenvalue weighted by Gasteiger charge is 2.18. The highest BCUT2D eigenvalue weighted by molar-refractivity contribution is 5.94. The van der Waals surface area contributed by atoms with Gasteiger partial charge in [-0.3, -0.25) is 9.36 Å². The molecule has 0 unspecified atom stereocenters. The molecule has 35 heavy (non-hydrogen) atoms. The molecule has 0 aliphatic heterocycles. The normalized spacial score (nSPS) is 11.1. The summed E-state index contributed by atoms with van der Waals surface area (Å²) in [5.74, 6) is -1.20. The van der Waals surface area contributed by atoms with Gasteiger partial charge in [0.05, 0.1) is 11.1 Å². The predicted molar refractivity (Wildman–Crippen MR) is 129 cm³/mol. The van der Waals surface area contributed by atoms with Crippen molar-refractivity contribution in [3.05, 3.63) is 101 Å². The number of nitrogen functional groups attached to an aromatic ring is 1. The fraction of sp³-hybridized carbons (Fsp3) is 0.0769. The number of pyridine rings is 2. The van der Waals surface area contributed by atoms with Crippen molar-refractivity contribution in [2.75, 3.05) is 5.73 Å². The van der Waals surface area contributed by atoms with E-state index in [1.807, 2.05) is 47.9 Å². The number of imidazole rings is 1. The fourth-order valence-electron chi connectivity index (χ4n) is 3.81. The average Bonchev–Trinajstić information content (AvgIpc) is 3.22. The van der Waals surface area contributed by atoms with E-state index in [-0.39, 0.29) is 12.1 Å². The molecule has 5 aromatic rings. The molecular formula is C26H20F2N6O. The van der Waals surface area contributed by atoms with Gasteiger partial charge in [0, 0.05) is 24.6 Å². The number of nitrogens with zero attached hydrogens (tertiary/aromatic N) is 4. The van der Waals surface area contributed by atoms with Crippen molar-refractivity contribution in [1.29, 1.82) is 0 Å². The van der Waals surface area contributed by atoms with Gasteiger partial charge in [0.2, 0.25) is 0 Å². The zero-order chi connectivity index (χ0) is 24.5. The quantitative estimate of drug-likeness (QED) is 0.392. The van der Waals surface area contributed by atoms with Crippen LogP contribution in [0, 0.1) is 18.6 Å². The van der Waals surface area contributed by atoms with Gasteiger partial charge in [-0.15, -0.1) is 0 Å². The first kappa shape index (κ1) is 22.1. The summed E-state index contributed by atoms with van der Waals surface area (Å²) in [6.07, 6.45) is 3.39. The van der Waals surface area contributed by atoms with Gasteiger partial charge >= 0.3 is 0 Å². The molecule has 2 aromatic carbocycles. The fourth-order valence-corrected chi connectivity index (χ4v) is 3.81. The molecule has 0 bridgehead atoms. The lowest BCUT2D eigenvalue weighted by molar-refractivity contribution is 0.0946. The summed E-state index contributed by atoms with van der Waals surface area (Å²) in [7, 11) is 0. The Morgan fingerprint density at radius 1 is 1.06 bits per heavy atom. The smallest absolute Gasteiger partial charge is 0.254 e. The van der Waals surface area contributed by atoms with Gasteiger partial charge in [0.1, 0.15) is 23.0 Å². The van der Waals surface area contributed by atoms with Crippen LogP contribution in [0.3, 0.4) is 0 Å². The lowest BCUT2D eigenvalue weighted by Crippen LogP contribution is -2.24. The van der Waals surface area contributed by atoms with Gasteiger partial charge in [0.25, 0.3) is 5.91 Å². The molecule has 3 aromatic heterocycles. The molecule has 0 fully saturated rings. The summed E-state index contributed by atoms with van der Waals surface area (Å²) in [5.41, 5.74) is 10.4. The summed E-state index contributed by atoms with van der Waals surface area (Å²) in [6, 6.07) is 15.7. The number of nitrogens with two attached hydrogens (primary N) is 1. The monoisotopic (exact) mass is 470 g/mol. The Balaban J connectivity index is 1.46. The molecule has 0 atom stereocenters. The van der Waals surface area contributed by atoms with Gasteiger partial charge in [-0.05, 0) is 66.6 Å². The van der Waals surface area contributed by atoms with E-state index in [0.29, 0.717) is 22.9 Å². The van der Waals surface area contributed by atoms with Crippen LogP contribution in [0.1, 0.15) is 21.5 Å². The first-order valence-electron chi connectivity index (χ1n) is 10.8. The highest BCUT2D eigenvalue weighted by atomic mass is 19.1. The Morgan fingerprint density at radius 2 is 1.86 bits per heavy atom. The van der Waals surface area contributed by atoms with Crippen molar-refractivity contribution in [3.63, 3.8) is 0 Å². The van der Waals surface area contributed by atoms with Crippen molar-refractivity contribution in [2.24, 2.45) is 0 Å². The molecule has 0 spiro atoms. The Labute approximate surface area is 199 Å². The predicted octanol–water partition coefficient (Wildman–Crippen LogP) is 4.58. The molecule has 174 valence electrons. The van der Waals surface area contributed by atoms with Crippen LogP contribution in [0.4, 0.5) is 14.6 Å². The third-order valence-corrected chi connectivity index (χ3v) is 5.53. The molecule has 0 saturated carbocycles. The van der Waals surface area contributed by atoms with Crippen LogP contribution in [0.15, 0.2) is 73.1 Å². The van der Waals surface area contributed by atoms with E-state index < -0.39 is 17.5 Å². The largest absolute Gasteiger partial charge is 0.383 e. The summed E-state index contributed by atoms with van der Waals surface area (Å²) in [4.78, 5) is 25.8. The number of hydrogen-bond donors (Lipinski definition) is 2. The number of nitrogens with one attached hydrogen (secondary N) is 1. The molecule has 0 saturated heterocycles. The average molecular weight is 470 g/mol. The number of amides is 1. The lowest BCUT2D eigenvalue weighted by Gasteiger charge is -2.11. The molecule has 5 rings (SSSR count). The SMILES string of the molecule is Cc1cnc2c(c1)nc(-c1cccnc1N)n2-c1ccc(CNC(=O)c2cc(F)ccc2F)cc1. The first-order chi connectivity index (χ1) is 16.9. The minimum atomic E-state index is -0.781. The van der Waals surface area contributed by atoms with Crippen LogP contribution in [-0.2, 0) is 6.54 Å². The van der Waals surface area contributed by atoms with E-state index in [9.17, 15) is 13.6 Å². The molecular weight excluding hydrogens is 450 g/mol. The molecule has 0 aliphatic carbocycles. The standard InChI is InChI=1S/C26H20F2N6O/c1-15-11-22-25(31-13-15)34(24(33-22)19-3-2-10-30-23(19)29)18-7-4-16(5-8-18)14-32-26(35)20-12-17(27)6-9-21(20)28/h2-13H,14H2,1H3,(H2,29,30)(H,32,35). The number of rotatable bonds is 5. The van der Waals surface area contributed by atoms with Gasteiger partial charge in [-0.2, -0.15) is 0 Å². The Hall–Kier alpha value is -4.66. The number of anilines is 1. The summed E-state index contributed by atoms with van der Waals surface area (Å²) < 4.78 is 29.1. The number of aromatic nitrogens is 4. The molecule has 7 nitrogen and oxygen atoms in total. The Bertz CT molecular complexity index is 1560. The highest BCUT2D eigenvalue weighted by Crippen LogP contribution is 2.30. The maximum absolute atomic E-state index is 13.9. The molecule has 1 amide bonds. The van der Waals surface area contributed by atoms with E-state index in [2.05, 4.69) is 15.3 Å². The number of aryl methyl sites for hydroxylation is 1. The van der Waals surface area contributed by atoms with Crippen molar-refractivity contribution in [2.45, 2.75) is 13.5 Å². The Kier molecular flexibility index (Phi) is 5.66. The number of hydrogen-bond acceptors (Lipinski definition) is 5. The van der Waals surface area contributed by atoms with Crippen LogP contribution in [-0.4, -0.2) is 25.4 Å². The van der Waals surface area contributed by atoms with Crippen LogP contribution in [0.5, 0.6) is 0 Å². The van der Waals surface area contributed by atoms with Crippen molar-refractivity contribution >= 4 is 22.9 Å². The second-order valence-corrected chi connectivity index (χ2v) is 8.04. The van der Waals surface area contributed by atoms with E-state index in [0.717, 1.165) is 40.5 Å². The van der Waals surface area contributed by atoms with Gasteiger partial charge in [0.15, 0.2) is 11.5 Å². The van der Waals surface area contributed by atoms with Crippen LogP contribution in [0.25, 0.3) is 28.2 Å². The summed E-state index contributed by atoms with van der Waals surface area (Å²) >= 11 is 0. The lowest BCUT2D eigenvalue weighted by atomic mass is 10.1. The minimum Gasteiger partial charge on any atom is -0.383 e. The van der Waals surface area contributed by atoms with E-state index in [1.54, 1.807) is 18.5 Å². The second-order valence-electron chi connectivity index (χ2n) is 8.04. The van der Waals surface area contributed by atoms with E-state index in [4.69, 9.17) is 10.7 Å². The van der Waals surface area contributed by atoms with Crippen LogP contribution >= 0.6 is 0 Å². The zero-order valence-corrected chi connectivity index (χ0v) is 18.7. The van der Waals surface area contributed by atoms with Crippen LogP contribution in [0.2, 0.25) is 0 Å². The molecule has 3 N–H and O–H groups in total. The van der Waals surface area contributed by atoms with Gasteiger partial charge in [-0.1, -0.05) is 12.1 Å². The first-order valence-corrected chi connectivity index (χ1v) is 10.8. The number of carbonyl (C=O) groups excluding carboxylic acids is 1. The molecule has 0 aliphatic rings. The maximum Gasteiger partial charge on any atom is 0.254 e. The second kappa shape index (κ2) is 8.94. The third-order valence-electron chi connectivity index (χ3n) is 5.53. The molecule has 3 heterocycles. The Morgan fingerprint density at radius 3 is 2.63 bits per heavy atom. The zero-order valence-electron chi connectivity index (χ0n) is 18.7. The summed E-state index contributed by atoms with van der Waals surface area (Å²) in [5, 5.41) is 2.62. The number of fused-ring (bicyclic) bond motifs is 1. The van der Waals surface area contributed by atoms with Gasteiger partial charge < -0.3 is 11.1 Å². The minimum absolute atomic E-state index is 0.138. The van der Waals surface area contributed by atoms with E-state index >= 15 is 0 Å². The third kappa shape index (κ3) is 4.31. The maximum atomic E-state index is 13.9. The van der Waals surface area contributed by atoms with E-state index in [1.165, 1.54) is 0 Å². The number of carbonyl (C=O) groups is 1. The number of halogens is 2. The van der Waals surface area contributed by atoms with Gasteiger partial charge in [-0.25, -0.2) is 23.7 Å². The van der Waals surface area contributed by atoms with Crippen molar-refractivity contribution in [3.8, 4) is 17.1 Å². The number of benzene rings is 2. The molecule has 0 radical (unpaired) electrons. The molecule has 9 heteroatoms. The summed E-state index contributed by atoms with van der Waals surface area (Å²) in [6.45, 7) is 2.09. The topological polar surface area (TPSA) is 98.7 Å².